The number of aliphatic hydroxyl groups excluding tert-OH is 2. The van der Waals surface area contributed by atoms with Crippen LogP contribution in [0, 0.1) is 0 Å². The second kappa shape index (κ2) is 29.1. The molecule has 0 saturated carbocycles. The fourth-order valence-corrected chi connectivity index (χ4v) is 3.53. The van der Waals surface area contributed by atoms with Crippen LogP contribution in [-0.4, -0.2) is 83.7 Å². The monoisotopic (exact) mass is 584 g/mol. The Labute approximate surface area is 238 Å². The smallest absolute Gasteiger partial charge is 0.336 e. The number of hydrogen-bond donors (Lipinski definition) is 8. The first-order valence-corrected chi connectivity index (χ1v) is 14.5. The minimum absolute atomic E-state index is 0.191. The van der Waals surface area contributed by atoms with Gasteiger partial charge in [-0.2, -0.15) is 12.6 Å². The summed E-state index contributed by atoms with van der Waals surface area (Å²) in [5.74, 6) is -5.34. The maximum absolute atomic E-state index is 10.3. The van der Waals surface area contributed by atoms with Crippen LogP contribution in [0.5, 0.6) is 0 Å². The summed E-state index contributed by atoms with van der Waals surface area (Å²) in [6, 6.07) is 0. The predicted octanol–water partition coefficient (Wildman–Crippen LogP) is 4.35. The highest BCUT2D eigenvalue weighted by Gasteiger charge is 2.40. The zero-order valence-corrected chi connectivity index (χ0v) is 24.3. The van der Waals surface area contributed by atoms with Crippen molar-refractivity contribution in [2.45, 2.75) is 134 Å². The quantitative estimate of drug-likeness (QED) is 0.0625. The van der Waals surface area contributed by atoms with Crippen LogP contribution in [0.3, 0.4) is 0 Å². The molecule has 0 aliphatic carbocycles. The van der Waals surface area contributed by atoms with Gasteiger partial charge in [-0.15, -0.1) is 0 Å². The third-order valence-corrected chi connectivity index (χ3v) is 6.12. The average molecular weight is 585 g/mol. The first kappa shape index (κ1) is 41.6. The first-order chi connectivity index (χ1) is 18.4. The summed E-state index contributed by atoms with van der Waals surface area (Å²) < 4.78 is 0. The lowest BCUT2D eigenvalue weighted by Gasteiger charge is -2.18. The van der Waals surface area contributed by atoms with E-state index in [2.05, 4.69) is 19.6 Å². The van der Waals surface area contributed by atoms with Crippen LogP contribution >= 0.6 is 12.6 Å². The summed E-state index contributed by atoms with van der Waals surface area (Å²) in [4.78, 5) is 40.8. The lowest BCUT2D eigenvalue weighted by atomic mass is 9.96. The number of thiol groups is 1. The van der Waals surface area contributed by atoms with E-state index >= 15 is 0 Å². The molecular weight excluding hydrogens is 532 g/mol. The number of rotatable bonds is 23. The fourth-order valence-electron chi connectivity index (χ4n) is 3.42. The van der Waals surface area contributed by atoms with Crippen molar-refractivity contribution in [3.63, 3.8) is 0 Å². The van der Waals surface area contributed by atoms with Crippen LogP contribution in [0.4, 0.5) is 0 Å². The standard InChI is InChI=1S/C18H36O2.C6H8O7.C3H8O2S/c1-2-3-4-5-6-7-8-9-10-11-12-13-14-15-16-17-18(19)20;7-3(8)1-6(13,5(11)12)2-4(9)10;4-1-3(5)2-6/h2-17H2,1H3,(H,19,20);13H,1-2H2,(H,7,8)(H,9,10)(H,11,12);3-6H,1-2H2. The molecule has 1 atom stereocenters. The van der Waals surface area contributed by atoms with Crippen molar-refractivity contribution in [2.75, 3.05) is 12.4 Å². The molecule has 0 fully saturated rings. The van der Waals surface area contributed by atoms with Gasteiger partial charge in [0, 0.05) is 12.2 Å². The van der Waals surface area contributed by atoms with Gasteiger partial charge in [0.05, 0.1) is 25.6 Å². The van der Waals surface area contributed by atoms with Gasteiger partial charge in [-0.05, 0) is 6.42 Å². The maximum atomic E-state index is 10.3. The molecule has 0 aliphatic heterocycles. The van der Waals surface area contributed by atoms with E-state index < -0.39 is 48.4 Å². The van der Waals surface area contributed by atoms with E-state index in [4.69, 9.17) is 35.7 Å². The predicted molar refractivity (Wildman–Crippen MR) is 151 cm³/mol. The summed E-state index contributed by atoms with van der Waals surface area (Å²) >= 11 is 3.69. The highest BCUT2D eigenvalue weighted by atomic mass is 32.1. The Morgan fingerprint density at radius 1 is 0.641 bits per heavy atom. The third-order valence-electron chi connectivity index (χ3n) is 5.70. The number of carboxylic acids is 4. The maximum Gasteiger partial charge on any atom is 0.336 e. The largest absolute Gasteiger partial charge is 0.481 e. The fraction of sp³-hybridized carbons (Fsp3) is 0.852. The van der Waals surface area contributed by atoms with Crippen LogP contribution in [0.25, 0.3) is 0 Å². The summed E-state index contributed by atoms with van der Waals surface area (Å²) in [6.45, 7) is 2.08. The van der Waals surface area contributed by atoms with Crippen molar-refractivity contribution < 1.29 is 54.9 Å². The molecule has 39 heavy (non-hydrogen) atoms. The summed E-state index contributed by atoms with van der Waals surface area (Å²) in [5, 5.41) is 58.7. The molecular formula is C27H52O11S. The second-order valence-corrected chi connectivity index (χ2v) is 9.96. The van der Waals surface area contributed by atoms with Crippen molar-refractivity contribution in [1.82, 2.24) is 0 Å². The number of aliphatic carboxylic acids is 4. The zero-order chi connectivity index (χ0) is 30.5. The Kier molecular flexibility index (Phi) is 31.0. The average Bonchev–Trinajstić information content (AvgIpc) is 2.85. The van der Waals surface area contributed by atoms with Gasteiger partial charge >= 0.3 is 23.9 Å². The number of aliphatic hydroxyl groups is 3. The molecule has 0 radical (unpaired) electrons. The Morgan fingerprint density at radius 2 is 0.974 bits per heavy atom. The molecule has 232 valence electrons. The van der Waals surface area contributed by atoms with Crippen molar-refractivity contribution in [3.05, 3.63) is 0 Å². The third kappa shape index (κ3) is 34.1. The van der Waals surface area contributed by atoms with E-state index in [1.165, 1.54) is 83.5 Å². The zero-order valence-electron chi connectivity index (χ0n) is 23.4. The van der Waals surface area contributed by atoms with E-state index in [9.17, 15) is 19.2 Å². The Morgan fingerprint density at radius 3 is 1.18 bits per heavy atom. The minimum Gasteiger partial charge on any atom is -0.481 e. The molecule has 12 heteroatoms. The van der Waals surface area contributed by atoms with Crippen LogP contribution in [0.1, 0.15) is 122 Å². The number of hydrogen-bond acceptors (Lipinski definition) is 8. The highest BCUT2D eigenvalue weighted by Crippen LogP contribution is 2.16. The number of unbranched alkanes of at least 4 members (excludes halogenated alkanes) is 14. The van der Waals surface area contributed by atoms with Gasteiger partial charge in [-0.25, -0.2) is 4.79 Å². The minimum atomic E-state index is -2.74. The van der Waals surface area contributed by atoms with Crippen molar-refractivity contribution in [1.29, 1.82) is 0 Å². The van der Waals surface area contributed by atoms with Crippen molar-refractivity contribution in [2.24, 2.45) is 0 Å². The molecule has 0 saturated heterocycles. The van der Waals surface area contributed by atoms with Crippen LogP contribution in [0.15, 0.2) is 0 Å². The molecule has 7 N–H and O–H groups in total. The molecule has 0 rings (SSSR count). The van der Waals surface area contributed by atoms with Gasteiger partial charge in [0.2, 0.25) is 0 Å². The van der Waals surface area contributed by atoms with Gasteiger partial charge < -0.3 is 35.7 Å². The van der Waals surface area contributed by atoms with E-state index in [1.54, 1.807) is 0 Å². The summed E-state index contributed by atoms with van der Waals surface area (Å²) in [5.41, 5.74) is -2.74. The first-order valence-electron chi connectivity index (χ1n) is 13.9. The van der Waals surface area contributed by atoms with Gasteiger partial charge in [0.1, 0.15) is 0 Å². The van der Waals surface area contributed by atoms with Crippen LogP contribution < -0.4 is 0 Å². The molecule has 1 unspecified atom stereocenters. The normalized spacial score (nSPS) is 11.4. The summed E-state index contributed by atoms with van der Waals surface area (Å²) in [7, 11) is 0. The number of carbonyl (C=O) groups is 4. The molecule has 0 spiro atoms. The van der Waals surface area contributed by atoms with Crippen molar-refractivity contribution >= 4 is 36.5 Å². The van der Waals surface area contributed by atoms with E-state index in [1.807, 2.05) is 0 Å². The molecule has 0 heterocycles. The SMILES string of the molecule is CCCCCCCCCCCCCCCCCC(=O)O.O=C(O)CC(O)(CC(=O)O)C(=O)O.OCC(O)CS. The van der Waals surface area contributed by atoms with Gasteiger partial charge in [0.25, 0.3) is 0 Å². The molecule has 0 aromatic rings. The van der Waals surface area contributed by atoms with Crippen LogP contribution in [-0.2, 0) is 19.2 Å². The Bertz CT molecular complexity index is 609. The van der Waals surface area contributed by atoms with Gasteiger partial charge in [0.15, 0.2) is 5.60 Å². The summed E-state index contributed by atoms with van der Waals surface area (Å²) in [6.07, 6.45) is 17.3. The Hall–Kier alpha value is -1.89. The van der Waals surface area contributed by atoms with E-state index in [0.717, 1.165) is 12.8 Å². The molecule has 0 bridgehead atoms. The molecule has 0 aromatic heterocycles. The second-order valence-electron chi connectivity index (χ2n) is 9.59. The molecule has 0 aromatic carbocycles. The lowest BCUT2D eigenvalue weighted by Crippen LogP contribution is -2.42. The van der Waals surface area contributed by atoms with E-state index in [-0.39, 0.29) is 6.61 Å². The molecule has 0 amide bonds. The Balaban J connectivity index is -0.000000581. The van der Waals surface area contributed by atoms with Gasteiger partial charge in [-0.1, -0.05) is 96.8 Å². The van der Waals surface area contributed by atoms with Crippen LogP contribution in [0.2, 0.25) is 0 Å². The highest BCUT2D eigenvalue weighted by molar-refractivity contribution is 7.80. The molecule has 11 nitrogen and oxygen atoms in total. The van der Waals surface area contributed by atoms with E-state index in [0.29, 0.717) is 12.2 Å². The molecule has 0 aliphatic rings. The van der Waals surface area contributed by atoms with Crippen molar-refractivity contribution in [3.8, 4) is 0 Å². The topological polar surface area (TPSA) is 210 Å². The van der Waals surface area contributed by atoms with Gasteiger partial charge in [-0.3, -0.25) is 14.4 Å². The number of carboxylic acid groups (broad SMARTS) is 4. The lowest BCUT2D eigenvalue weighted by molar-refractivity contribution is -0.170.